The highest BCUT2D eigenvalue weighted by atomic mass is 16.4. The van der Waals surface area contributed by atoms with Crippen LogP contribution in [-0.4, -0.2) is 37.9 Å². The fourth-order valence-electron chi connectivity index (χ4n) is 4.19. The van der Waals surface area contributed by atoms with E-state index < -0.39 is 5.76 Å². The van der Waals surface area contributed by atoms with Gasteiger partial charge >= 0.3 is 5.76 Å². The molecule has 7 nitrogen and oxygen atoms in total. The molecule has 1 unspecified atom stereocenters. The Bertz CT molecular complexity index is 1180. The molecule has 0 radical (unpaired) electrons. The lowest BCUT2D eigenvalue weighted by Gasteiger charge is -2.33. The van der Waals surface area contributed by atoms with Crippen molar-refractivity contribution >= 4 is 11.1 Å². The fourth-order valence-corrected chi connectivity index (χ4v) is 4.19. The molecule has 1 aliphatic heterocycles. The Hall–Kier alpha value is -3.32. The van der Waals surface area contributed by atoms with E-state index >= 15 is 0 Å². The molecule has 0 spiro atoms. The number of benzene rings is 1. The van der Waals surface area contributed by atoms with Gasteiger partial charge in [-0.1, -0.05) is 12.1 Å². The smallest absolute Gasteiger partial charge is 0.408 e. The number of hydrogen-bond acceptors (Lipinski definition) is 6. The molecule has 1 aliphatic rings. The molecule has 5 rings (SSSR count). The summed E-state index contributed by atoms with van der Waals surface area (Å²) in [7, 11) is 0. The molecule has 29 heavy (non-hydrogen) atoms. The summed E-state index contributed by atoms with van der Waals surface area (Å²) >= 11 is 0. The number of piperidine rings is 1. The zero-order valence-corrected chi connectivity index (χ0v) is 15.9. The second-order valence-corrected chi connectivity index (χ2v) is 7.49. The van der Waals surface area contributed by atoms with Crippen molar-refractivity contribution in [1.29, 1.82) is 0 Å². The Balaban J connectivity index is 1.36. The Morgan fingerprint density at radius 2 is 2.14 bits per heavy atom. The first-order valence-corrected chi connectivity index (χ1v) is 9.81. The van der Waals surface area contributed by atoms with Gasteiger partial charge in [-0.2, -0.15) is 0 Å². The molecule has 0 amide bonds. The third-order valence-corrected chi connectivity index (χ3v) is 5.48. The van der Waals surface area contributed by atoms with Gasteiger partial charge in [0.05, 0.1) is 17.4 Å². The number of para-hydroxylation sites is 1. The van der Waals surface area contributed by atoms with Gasteiger partial charge in [0.25, 0.3) is 0 Å². The summed E-state index contributed by atoms with van der Waals surface area (Å²) in [6.45, 7) is 2.78. The standard InChI is InChI=1S/C22H21N5O2/c28-22-26-19-5-1-4-18(21(19)29-22)16-3-2-8-27(14-16)13-15-9-17(11-24-10-15)20-12-23-6-7-25-20/h1,4-7,9-12,16H,2-3,8,13-14H2,(H,26,28). The highest BCUT2D eigenvalue weighted by Crippen LogP contribution is 2.32. The Kier molecular flexibility index (Phi) is 4.65. The number of aromatic amines is 1. The number of nitrogens with zero attached hydrogens (tertiary/aromatic N) is 4. The molecular weight excluding hydrogens is 366 g/mol. The summed E-state index contributed by atoms with van der Waals surface area (Å²) in [5, 5.41) is 0. The largest absolute Gasteiger partial charge is 0.417 e. The molecule has 4 aromatic rings. The number of aromatic nitrogens is 4. The molecule has 146 valence electrons. The number of H-pyrrole nitrogens is 1. The van der Waals surface area contributed by atoms with Crippen LogP contribution in [0.1, 0.15) is 29.9 Å². The van der Waals surface area contributed by atoms with Gasteiger partial charge in [-0.3, -0.25) is 24.8 Å². The van der Waals surface area contributed by atoms with E-state index in [2.05, 4.69) is 37.0 Å². The second-order valence-electron chi connectivity index (χ2n) is 7.49. The van der Waals surface area contributed by atoms with Gasteiger partial charge in [0.15, 0.2) is 5.58 Å². The van der Waals surface area contributed by atoms with Crippen molar-refractivity contribution in [1.82, 2.24) is 24.8 Å². The predicted octanol–water partition coefficient (Wildman–Crippen LogP) is 3.35. The van der Waals surface area contributed by atoms with E-state index in [-0.39, 0.29) is 0 Å². The van der Waals surface area contributed by atoms with Gasteiger partial charge in [0, 0.05) is 54.9 Å². The number of likely N-dealkylation sites (tertiary alicyclic amines) is 1. The third kappa shape index (κ3) is 3.69. The first-order valence-electron chi connectivity index (χ1n) is 9.81. The van der Waals surface area contributed by atoms with Gasteiger partial charge in [-0.05, 0) is 37.1 Å². The fraction of sp³-hybridized carbons (Fsp3) is 0.273. The lowest BCUT2D eigenvalue weighted by molar-refractivity contribution is 0.200. The maximum atomic E-state index is 11.6. The average molecular weight is 387 g/mol. The van der Waals surface area contributed by atoms with Crippen molar-refractivity contribution in [3.63, 3.8) is 0 Å². The first-order chi connectivity index (χ1) is 14.3. The van der Waals surface area contributed by atoms with Crippen LogP contribution >= 0.6 is 0 Å². The zero-order chi connectivity index (χ0) is 19.6. The maximum Gasteiger partial charge on any atom is 0.417 e. The van der Waals surface area contributed by atoms with Crippen LogP contribution in [0.5, 0.6) is 0 Å². The Morgan fingerprint density at radius 3 is 3.03 bits per heavy atom. The van der Waals surface area contributed by atoms with Crippen molar-refractivity contribution in [3.05, 3.63) is 76.9 Å². The SMILES string of the molecule is O=c1[nH]c2cccc(C3CCCN(Cc4cncc(-c5cnccn5)c4)C3)c2o1. The van der Waals surface area contributed by atoms with Gasteiger partial charge in [-0.25, -0.2) is 4.79 Å². The van der Waals surface area contributed by atoms with Gasteiger partial charge in [0.2, 0.25) is 0 Å². The average Bonchev–Trinajstić information content (AvgIpc) is 3.15. The van der Waals surface area contributed by atoms with Crippen molar-refractivity contribution in [2.75, 3.05) is 13.1 Å². The predicted molar refractivity (Wildman–Crippen MR) is 109 cm³/mol. The number of nitrogens with one attached hydrogen (secondary N) is 1. The number of rotatable bonds is 4. The molecule has 1 aromatic carbocycles. The molecule has 0 bridgehead atoms. The van der Waals surface area contributed by atoms with Crippen LogP contribution in [0, 0.1) is 0 Å². The van der Waals surface area contributed by atoms with Crippen LogP contribution in [0.2, 0.25) is 0 Å². The highest BCUT2D eigenvalue weighted by Gasteiger charge is 2.24. The van der Waals surface area contributed by atoms with Crippen molar-refractivity contribution < 1.29 is 4.42 Å². The first kappa shape index (κ1) is 17.8. The summed E-state index contributed by atoms with van der Waals surface area (Å²) in [6.07, 6.45) is 11.0. The summed E-state index contributed by atoms with van der Waals surface area (Å²) in [5.74, 6) is -0.0606. The van der Waals surface area contributed by atoms with E-state index in [1.807, 2.05) is 24.5 Å². The summed E-state index contributed by atoms with van der Waals surface area (Å²) in [4.78, 5) is 29.7. The highest BCUT2D eigenvalue weighted by molar-refractivity contribution is 5.76. The molecular formula is C22H21N5O2. The summed E-state index contributed by atoms with van der Waals surface area (Å²) in [6, 6.07) is 8.07. The van der Waals surface area contributed by atoms with Crippen LogP contribution in [-0.2, 0) is 6.54 Å². The van der Waals surface area contributed by atoms with Gasteiger partial charge in [-0.15, -0.1) is 0 Å². The molecule has 4 heterocycles. The summed E-state index contributed by atoms with van der Waals surface area (Å²) < 4.78 is 5.42. The zero-order valence-electron chi connectivity index (χ0n) is 15.9. The lowest BCUT2D eigenvalue weighted by atomic mass is 9.90. The molecule has 1 N–H and O–H groups in total. The minimum Gasteiger partial charge on any atom is -0.408 e. The third-order valence-electron chi connectivity index (χ3n) is 5.48. The van der Waals surface area contributed by atoms with Crippen LogP contribution in [0.4, 0.5) is 0 Å². The molecule has 0 saturated carbocycles. The van der Waals surface area contributed by atoms with Crippen LogP contribution in [0.3, 0.4) is 0 Å². The number of pyridine rings is 1. The summed E-state index contributed by atoms with van der Waals surface area (Å²) in [5.41, 5.74) is 5.52. The van der Waals surface area contributed by atoms with Crippen molar-refractivity contribution in [2.45, 2.75) is 25.3 Å². The van der Waals surface area contributed by atoms with Crippen molar-refractivity contribution in [3.8, 4) is 11.3 Å². The lowest BCUT2D eigenvalue weighted by Crippen LogP contribution is -2.34. The molecule has 0 aliphatic carbocycles. The van der Waals surface area contributed by atoms with E-state index in [9.17, 15) is 4.79 Å². The van der Waals surface area contributed by atoms with E-state index in [0.29, 0.717) is 11.5 Å². The number of hydrogen-bond donors (Lipinski definition) is 1. The quantitative estimate of drug-likeness (QED) is 0.578. The Morgan fingerprint density at radius 1 is 1.17 bits per heavy atom. The molecule has 1 fully saturated rings. The maximum absolute atomic E-state index is 11.6. The second kappa shape index (κ2) is 7.60. The van der Waals surface area contributed by atoms with Gasteiger partial charge < -0.3 is 4.42 Å². The number of oxazole rings is 1. The van der Waals surface area contributed by atoms with Crippen LogP contribution < -0.4 is 5.76 Å². The minimum absolute atomic E-state index is 0.336. The van der Waals surface area contributed by atoms with Crippen molar-refractivity contribution in [2.24, 2.45) is 0 Å². The van der Waals surface area contributed by atoms with Crippen LogP contribution in [0.15, 0.2) is 64.5 Å². The molecule has 7 heteroatoms. The van der Waals surface area contributed by atoms with E-state index in [1.165, 1.54) is 0 Å². The van der Waals surface area contributed by atoms with Gasteiger partial charge in [0.1, 0.15) is 0 Å². The van der Waals surface area contributed by atoms with E-state index in [0.717, 1.165) is 60.4 Å². The van der Waals surface area contributed by atoms with E-state index in [4.69, 9.17) is 4.42 Å². The normalized spacial score (nSPS) is 17.6. The molecule has 1 saturated heterocycles. The van der Waals surface area contributed by atoms with Crippen LogP contribution in [0.25, 0.3) is 22.4 Å². The minimum atomic E-state index is -0.396. The number of fused-ring (bicyclic) bond motifs is 1. The monoisotopic (exact) mass is 387 g/mol. The Labute approximate surface area is 167 Å². The van der Waals surface area contributed by atoms with E-state index in [1.54, 1.807) is 18.6 Å². The molecule has 3 aromatic heterocycles. The topological polar surface area (TPSA) is 87.9 Å². The molecule has 1 atom stereocenters.